The first-order valence-corrected chi connectivity index (χ1v) is 15.4. The van der Waals surface area contributed by atoms with E-state index in [0.29, 0.717) is 6.42 Å². The average molecular weight is 541 g/mol. The maximum Gasteiger partial charge on any atom is 0.362 e. The lowest BCUT2D eigenvalue weighted by molar-refractivity contribution is -0.973. The van der Waals surface area contributed by atoms with E-state index in [4.69, 9.17) is 0 Å². The fourth-order valence-corrected chi connectivity index (χ4v) is 6.25. The first-order valence-electron chi connectivity index (χ1n) is 15.4. The molecule has 0 bridgehead atoms. The minimum atomic E-state index is -1.12. The normalized spacial score (nSPS) is 15.3. The van der Waals surface area contributed by atoms with Crippen LogP contribution in [0.2, 0.25) is 0 Å². The van der Waals surface area contributed by atoms with Gasteiger partial charge in [-0.15, -0.1) is 6.58 Å². The van der Waals surface area contributed by atoms with Crippen molar-refractivity contribution < 1.29 is 34.2 Å². The van der Waals surface area contributed by atoms with Crippen LogP contribution < -0.4 is 0 Å². The maximum atomic E-state index is 12.2. The van der Waals surface area contributed by atoms with Crippen molar-refractivity contribution >= 4 is 17.9 Å². The van der Waals surface area contributed by atoms with Gasteiger partial charge in [-0.25, -0.2) is 14.4 Å². The van der Waals surface area contributed by atoms with E-state index in [1.807, 2.05) is 6.08 Å². The summed E-state index contributed by atoms with van der Waals surface area (Å²) in [6.07, 6.45) is 21.6. The predicted octanol–water partition coefficient (Wildman–Crippen LogP) is 7.82. The first kappa shape index (κ1) is 36.1. The van der Waals surface area contributed by atoms with Gasteiger partial charge in [0.15, 0.2) is 18.1 Å². The lowest BCUT2D eigenvalue weighted by atomic mass is 9.93. The van der Waals surface area contributed by atoms with Gasteiger partial charge in [0.05, 0.1) is 6.54 Å². The predicted molar refractivity (Wildman–Crippen MR) is 154 cm³/mol. The monoisotopic (exact) mass is 540 g/mol. The zero-order chi connectivity index (χ0) is 28.8. The molecule has 3 N–H and O–H groups in total. The van der Waals surface area contributed by atoms with Gasteiger partial charge in [0, 0.05) is 19.3 Å². The smallest absolute Gasteiger partial charge is 0.362 e. The molecule has 0 fully saturated rings. The van der Waals surface area contributed by atoms with Crippen LogP contribution in [0.3, 0.4) is 0 Å². The van der Waals surface area contributed by atoms with Gasteiger partial charge in [-0.1, -0.05) is 104 Å². The third-order valence-electron chi connectivity index (χ3n) is 8.21. The van der Waals surface area contributed by atoms with Gasteiger partial charge in [-0.2, -0.15) is 0 Å². The van der Waals surface area contributed by atoms with Crippen molar-refractivity contribution in [3.05, 3.63) is 12.7 Å². The van der Waals surface area contributed by atoms with Gasteiger partial charge >= 0.3 is 17.9 Å². The van der Waals surface area contributed by atoms with E-state index in [1.54, 1.807) is 20.8 Å². The Kier molecular flexibility index (Phi) is 20.9. The summed E-state index contributed by atoms with van der Waals surface area (Å²) in [6.45, 7) is 9.15. The topological polar surface area (TPSA) is 112 Å². The summed E-state index contributed by atoms with van der Waals surface area (Å²) in [6, 6.07) is -3.18. The number of rotatable bonds is 27. The number of carbonyl (C=O) groups is 3. The van der Waals surface area contributed by atoms with Crippen molar-refractivity contribution in [3.8, 4) is 0 Å². The van der Waals surface area contributed by atoms with Crippen LogP contribution in [0.15, 0.2) is 12.7 Å². The molecule has 3 atom stereocenters. The summed E-state index contributed by atoms with van der Waals surface area (Å²) in [5, 5.41) is 30.0. The molecule has 0 rings (SSSR count). The molecule has 0 aliphatic carbocycles. The lowest BCUT2D eigenvalue weighted by Gasteiger charge is -2.49. The highest BCUT2D eigenvalue weighted by molar-refractivity contribution is 5.78. The van der Waals surface area contributed by atoms with Crippen molar-refractivity contribution in [1.29, 1.82) is 0 Å². The van der Waals surface area contributed by atoms with Crippen LogP contribution in [0.25, 0.3) is 0 Å². The molecule has 0 aliphatic rings. The molecule has 3 unspecified atom stereocenters. The Hall–Kier alpha value is -1.89. The molecule has 0 heterocycles. The Bertz CT molecular complexity index is 610. The molecule has 7 heteroatoms. The molecule has 0 saturated carbocycles. The number of allylic oxidation sites excluding steroid dienone is 1. The standard InChI is InChI=1S/C31H57NO6/c1-5-9-10-11-12-13-14-15-16-17-18-19-20-21-22-23-24-25-32(26(6-2)29(33)34,27(7-3)30(35)36)28(8-4)31(37)38/h5,26-28H,1,6-25H2,2-4H3,(H2-,33,34,35,36,37,38)/p+1. The summed E-state index contributed by atoms with van der Waals surface area (Å²) in [7, 11) is 0. The third-order valence-corrected chi connectivity index (χ3v) is 8.21. The lowest BCUT2D eigenvalue weighted by Crippen LogP contribution is -2.72. The minimum Gasteiger partial charge on any atom is -0.477 e. The molecule has 0 aromatic carbocycles. The Balaban J connectivity index is 4.61. The summed E-state index contributed by atoms with van der Waals surface area (Å²) < 4.78 is -0.404. The van der Waals surface area contributed by atoms with E-state index in [-0.39, 0.29) is 25.8 Å². The number of unbranched alkanes of at least 4 members (excludes halogenated alkanes) is 15. The minimum absolute atomic E-state index is 0.193. The van der Waals surface area contributed by atoms with Gasteiger partial charge in [-0.3, -0.25) is 4.48 Å². The van der Waals surface area contributed by atoms with Crippen molar-refractivity contribution in [2.75, 3.05) is 6.54 Å². The van der Waals surface area contributed by atoms with Crippen molar-refractivity contribution in [1.82, 2.24) is 0 Å². The molecule has 0 aliphatic heterocycles. The van der Waals surface area contributed by atoms with Gasteiger partial charge in [0.2, 0.25) is 0 Å². The molecule has 222 valence electrons. The summed E-state index contributed by atoms with van der Waals surface area (Å²) in [5.41, 5.74) is 0. The van der Waals surface area contributed by atoms with Gasteiger partial charge < -0.3 is 15.3 Å². The number of quaternary nitrogens is 1. The highest BCUT2D eigenvalue weighted by Crippen LogP contribution is 2.32. The molecule has 0 radical (unpaired) electrons. The number of hydrogen-bond acceptors (Lipinski definition) is 3. The fraction of sp³-hybridized carbons (Fsp3) is 0.839. The number of hydrogen-bond donors (Lipinski definition) is 3. The average Bonchev–Trinajstić information content (AvgIpc) is 2.86. The third kappa shape index (κ3) is 12.8. The van der Waals surface area contributed by atoms with Gasteiger partial charge in [0.25, 0.3) is 0 Å². The SMILES string of the molecule is C=CCCCCCCCCCCCCCCCCC[N+](C(CC)C(=O)O)(C(CC)C(=O)O)C(CC)C(=O)O. The van der Waals surface area contributed by atoms with E-state index < -0.39 is 40.5 Å². The van der Waals surface area contributed by atoms with Crippen LogP contribution in [0.5, 0.6) is 0 Å². The largest absolute Gasteiger partial charge is 0.477 e. The zero-order valence-electron chi connectivity index (χ0n) is 24.7. The molecule has 0 aromatic heterocycles. The Morgan fingerprint density at radius 2 is 0.816 bits per heavy atom. The van der Waals surface area contributed by atoms with E-state index in [2.05, 4.69) is 6.58 Å². The Labute approximate surface area is 232 Å². The van der Waals surface area contributed by atoms with E-state index >= 15 is 0 Å². The molecule has 38 heavy (non-hydrogen) atoms. The molecule has 0 aromatic rings. The van der Waals surface area contributed by atoms with E-state index in [1.165, 1.54) is 70.6 Å². The van der Waals surface area contributed by atoms with Gasteiger partial charge in [-0.05, 0) is 25.7 Å². The molecular weight excluding hydrogens is 482 g/mol. The zero-order valence-corrected chi connectivity index (χ0v) is 24.7. The van der Waals surface area contributed by atoms with Crippen LogP contribution in [0.1, 0.15) is 143 Å². The summed E-state index contributed by atoms with van der Waals surface area (Å²) in [4.78, 5) is 36.7. The Morgan fingerprint density at radius 1 is 0.553 bits per heavy atom. The second-order valence-corrected chi connectivity index (χ2v) is 10.9. The van der Waals surface area contributed by atoms with Crippen LogP contribution in [-0.2, 0) is 14.4 Å². The van der Waals surface area contributed by atoms with Crippen molar-refractivity contribution in [2.45, 2.75) is 161 Å². The van der Waals surface area contributed by atoms with Gasteiger partial charge in [0.1, 0.15) is 0 Å². The molecule has 0 amide bonds. The second-order valence-electron chi connectivity index (χ2n) is 10.9. The molecular formula is C31H58NO6+. The maximum absolute atomic E-state index is 12.2. The Morgan fingerprint density at radius 3 is 1.05 bits per heavy atom. The summed E-state index contributed by atoms with van der Waals surface area (Å²) >= 11 is 0. The quantitative estimate of drug-likeness (QED) is 0.0556. The molecule has 0 saturated heterocycles. The highest BCUT2D eigenvalue weighted by Gasteiger charge is 2.55. The summed E-state index contributed by atoms with van der Waals surface area (Å²) in [5.74, 6) is -3.35. The first-order chi connectivity index (χ1) is 18.2. The second kappa shape index (κ2) is 22.0. The number of carboxylic acids is 3. The fourth-order valence-electron chi connectivity index (χ4n) is 6.25. The van der Waals surface area contributed by atoms with E-state index in [0.717, 1.165) is 25.7 Å². The molecule has 7 nitrogen and oxygen atoms in total. The van der Waals surface area contributed by atoms with Crippen LogP contribution in [0, 0.1) is 0 Å². The number of aliphatic carboxylic acids is 3. The van der Waals surface area contributed by atoms with Crippen molar-refractivity contribution in [2.24, 2.45) is 0 Å². The number of nitrogens with zero attached hydrogens (tertiary/aromatic N) is 1. The van der Waals surface area contributed by atoms with Crippen molar-refractivity contribution in [3.63, 3.8) is 0 Å². The van der Waals surface area contributed by atoms with Crippen LogP contribution in [-0.4, -0.2) is 62.4 Å². The van der Waals surface area contributed by atoms with E-state index in [9.17, 15) is 29.7 Å². The number of carboxylic acid groups (broad SMARTS) is 3. The molecule has 0 spiro atoms. The van der Waals surface area contributed by atoms with Crippen LogP contribution >= 0.6 is 0 Å². The van der Waals surface area contributed by atoms with Crippen LogP contribution in [0.4, 0.5) is 0 Å². The highest BCUT2D eigenvalue weighted by atomic mass is 16.4.